The Morgan fingerprint density at radius 2 is 1.81 bits per heavy atom. The molecule has 8 nitrogen and oxygen atoms in total. The van der Waals surface area contributed by atoms with Crippen LogP contribution in [0.4, 0.5) is 4.79 Å². The maximum Gasteiger partial charge on any atom is 0.543 e. The molecule has 0 aliphatic carbocycles. The van der Waals surface area contributed by atoms with Crippen LogP contribution in [-0.2, 0) is 19.6 Å². The molecule has 0 aliphatic heterocycles. The third-order valence-corrected chi connectivity index (χ3v) is 3.60. The summed E-state index contributed by atoms with van der Waals surface area (Å²) in [5, 5.41) is 4.21. The molecule has 0 fully saturated rings. The molecular formula is C18H26O8. The summed E-state index contributed by atoms with van der Waals surface area (Å²) >= 11 is 0. The van der Waals surface area contributed by atoms with Crippen molar-refractivity contribution in [2.24, 2.45) is 0 Å². The Hall–Kier alpha value is -2.48. The first kappa shape index (κ1) is 21.6. The molecule has 0 amide bonds. The van der Waals surface area contributed by atoms with Gasteiger partial charge in [-0.05, 0) is 31.9 Å². The summed E-state index contributed by atoms with van der Waals surface area (Å²) in [5.74, 6) is -0.396. The summed E-state index contributed by atoms with van der Waals surface area (Å²) in [6.45, 7) is 3.87. The van der Waals surface area contributed by atoms with E-state index in [1.807, 2.05) is 0 Å². The maximum atomic E-state index is 12.0. The molecule has 1 aromatic rings. The minimum Gasteiger partial charge on any atom is -0.493 e. The predicted molar refractivity (Wildman–Crippen MR) is 91.8 cm³/mol. The minimum absolute atomic E-state index is 0.0492. The molecule has 146 valence electrons. The summed E-state index contributed by atoms with van der Waals surface area (Å²) in [4.78, 5) is 32.2. The van der Waals surface area contributed by atoms with Crippen LogP contribution in [0.25, 0.3) is 0 Å². The van der Waals surface area contributed by atoms with Crippen molar-refractivity contribution in [3.05, 3.63) is 23.8 Å². The lowest BCUT2D eigenvalue weighted by atomic mass is 10.1. The molecule has 0 spiro atoms. The second kappa shape index (κ2) is 12.0. The van der Waals surface area contributed by atoms with E-state index in [4.69, 9.17) is 14.2 Å². The van der Waals surface area contributed by atoms with Gasteiger partial charge in [0.1, 0.15) is 11.7 Å². The molecule has 0 bridgehead atoms. The highest BCUT2D eigenvalue weighted by Gasteiger charge is 2.20. The smallest absolute Gasteiger partial charge is 0.493 e. The first-order valence-electron chi connectivity index (χ1n) is 8.50. The Balaban J connectivity index is 2.39. The molecular weight excluding hydrogens is 344 g/mol. The summed E-state index contributed by atoms with van der Waals surface area (Å²) in [5.41, 5.74) is 0.0492. The zero-order valence-electron chi connectivity index (χ0n) is 15.6. The van der Waals surface area contributed by atoms with Gasteiger partial charge in [-0.15, -0.1) is 0 Å². The van der Waals surface area contributed by atoms with Gasteiger partial charge in [-0.2, -0.15) is 0 Å². The minimum atomic E-state index is -1.08. The molecule has 0 aromatic heterocycles. The first-order chi connectivity index (χ1) is 12.5. The van der Waals surface area contributed by atoms with Crippen LogP contribution in [0.5, 0.6) is 11.5 Å². The Labute approximate surface area is 153 Å². The van der Waals surface area contributed by atoms with Crippen molar-refractivity contribution in [3.8, 4) is 11.5 Å². The van der Waals surface area contributed by atoms with Crippen molar-refractivity contribution < 1.29 is 38.6 Å². The highest BCUT2D eigenvalue weighted by Crippen LogP contribution is 2.31. The molecule has 0 N–H and O–H groups in total. The van der Waals surface area contributed by atoms with Crippen molar-refractivity contribution in [3.63, 3.8) is 0 Å². The molecule has 1 atom stereocenters. The van der Waals surface area contributed by atoms with Gasteiger partial charge < -0.3 is 14.2 Å². The van der Waals surface area contributed by atoms with Crippen molar-refractivity contribution in [2.75, 3.05) is 14.2 Å². The zero-order valence-corrected chi connectivity index (χ0v) is 15.6. The van der Waals surface area contributed by atoms with Crippen LogP contribution in [0.15, 0.2) is 18.2 Å². The van der Waals surface area contributed by atoms with Gasteiger partial charge in [0, 0.05) is 0 Å². The number of carbonyl (C=O) groups excluding carboxylic acids is 2. The number of methoxy groups -OCH3 is 2. The number of unbranched alkanes of at least 4 members (excludes halogenated alkanes) is 3. The lowest BCUT2D eigenvalue weighted by molar-refractivity contribution is -0.453. The SMILES string of the molecule is CCCCCCC(C)OC(=O)OOOC(=O)c1cccc(OC)c1OC. The Kier molecular flexibility index (Phi) is 9.93. The fourth-order valence-electron chi connectivity index (χ4n) is 2.27. The van der Waals surface area contributed by atoms with Gasteiger partial charge >= 0.3 is 12.1 Å². The zero-order chi connectivity index (χ0) is 19.4. The number of ether oxygens (including phenoxy) is 3. The molecule has 1 rings (SSSR count). The van der Waals surface area contributed by atoms with E-state index in [1.54, 1.807) is 19.1 Å². The fourth-order valence-corrected chi connectivity index (χ4v) is 2.27. The van der Waals surface area contributed by atoms with Crippen LogP contribution in [-0.4, -0.2) is 32.4 Å². The van der Waals surface area contributed by atoms with Gasteiger partial charge in [-0.3, -0.25) is 4.89 Å². The summed E-state index contributed by atoms with van der Waals surface area (Å²) in [6, 6.07) is 4.64. The molecule has 1 unspecified atom stereocenters. The molecule has 0 heterocycles. The Bertz CT molecular complexity index is 572. The number of para-hydroxylation sites is 1. The normalized spacial score (nSPS) is 11.4. The molecule has 1 aromatic carbocycles. The molecule has 8 heteroatoms. The van der Waals surface area contributed by atoms with Crippen molar-refractivity contribution in [1.82, 2.24) is 0 Å². The topological polar surface area (TPSA) is 89.5 Å². The summed E-state index contributed by atoms with van der Waals surface area (Å²) in [6.07, 6.45) is 3.62. The Morgan fingerprint density at radius 1 is 1.04 bits per heavy atom. The summed E-state index contributed by atoms with van der Waals surface area (Å²) < 4.78 is 15.2. The second-order valence-corrected chi connectivity index (χ2v) is 5.59. The van der Waals surface area contributed by atoms with Gasteiger partial charge in [0.05, 0.1) is 19.3 Å². The van der Waals surface area contributed by atoms with Gasteiger partial charge in [-0.25, -0.2) is 14.5 Å². The van der Waals surface area contributed by atoms with Gasteiger partial charge in [0.2, 0.25) is 0 Å². The Morgan fingerprint density at radius 3 is 2.46 bits per heavy atom. The van der Waals surface area contributed by atoms with Crippen molar-refractivity contribution in [1.29, 1.82) is 0 Å². The van der Waals surface area contributed by atoms with E-state index in [0.717, 1.165) is 32.1 Å². The number of benzene rings is 1. The van der Waals surface area contributed by atoms with Gasteiger partial charge in [-0.1, -0.05) is 32.3 Å². The van der Waals surface area contributed by atoms with E-state index in [9.17, 15) is 9.59 Å². The van der Waals surface area contributed by atoms with Crippen LogP contribution in [0, 0.1) is 0 Å². The quantitative estimate of drug-likeness (QED) is 0.247. The van der Waals surface area contributed by atoms with Gasteiger partial charge in [0.25, 0.3) is 0 Å². The van der Waals surface area contributed by atoms with E-state index in [2.05, 4.69) is 21.7 Å². The summed E-state index contributed by atoms with van der Waals surface area (Å²) in [7, 11) is 2.82. The third-order valence-electron chi connectivity index (χ3n) is 3.60. The molecule has 0 radical (unpaired) electrons. The third kappa shape index (κ3) is 7.18. The maximum absolute atomic E-state index is 12.0. The predicted octanol–water partition coefficient (Wildman–Crippen LogP) is 4.22. The first-order valence-corrected chi connectivity index (χ1v) is 8.50. The number of hydrogen-bond donors (Lipinski definition) is 0. The lowest BCUT2D eigenvalue weighted by Crippen LogP contribution is -2.17. The molecule has 0 saturated heterocycles. The second-order valence-electron chi connectivity index (χ2n) is 5.59. The highest BCUT2D eigenvalue weighted by molar-refractivity contribution is 5.93. The number of rotatable bonds is 11. The van der Waals surface area contributed by atoms with Crippen LogP contribution in [0.1, 0.15) is 56.3 Å². The lowest BCUT2D eigenvalue weighted by Gasteiger charge is -2.12. The largest absolute Gasteiger partial charge is 0.543 e. The fraction of sp³-hybridized carbons (Fsp3) is 0.556. The van der Waals surface area contributed by atoms with Crippen LogP contribution >= 0.6 is 0 Å². The average Bonchev–Trinajstić information content (AvgIpc) is 2.64. The van der Waals surface area contributed by atoms with E-state index in [-0.39, 0.29) is 17.4 Å². The molecule has 0 aliphatic rings. The average molecular weight is 370 g/mol. The van der Waals surface area contributed by atoms with Crippen LogP contribution < -0.4 is 9.47 Å². The number of carbonyl (C=O) groups is 2. The van der Waals surface area contributed by atoms with Crippen LogP contribution in [0.2, 0.25) is 0 Å². The van der Waals surface area contributed by atoms with Crippen LogP contribution in [0.3, 0.4) is 0 Å². The van der Waals surface area contributed by atoms with E-state index >= 15 is 0 Å². The van der Waals surface area contributed by atoms with Crippen molar-refractivity contribution >= 4 is 12.1 Å². The number of hydrogen-bond acceptors (Lipinski definition) is 8. The highest BCUT2D eigenvalue weighted by atomic mass is 17.5. The molecule has 26 heavy (non-hydrogen) atoms. The van der Waals surface area contributed by atoms with E-state index in [1.165, 1.54) is 20.3 Å². The van der Waals surface area contributed by atoms with Crippen molar-refractivity contribution in [2.45, 2.75) is 52.1 Å². The monoisotopic (exact) mass is 370 g/mol. The van der Waals surface area contributed by atoms with Gasteiger partial charge in [0.15, 0.2) is 11.5 Å². The standard InChI is InChI=1S/C18H26O8/c1-5-6-7-8-10-13(2)23-18(20)25-26-24-17(19)14-11-9-12-15(21-3)16(14)22-4/h9,11-13H,5-8,10H2,1-4H3. The van der Waals surface area contributed by atoms with E-state index in [0.29, 0.717) is 5.75 Å². The van der Waals surface area contributed by atoms with E-state index < -0.39 is 12.1 Å². The molecule has 0 saturated carbocycles.